The van der Waals surface area contributed by atoms with Crippen molar-refractivity contribution in [2.45, 2.75) is 0 Å². The summed E-state index contributed by atoms with van der Waals surface area (Å²) in [7, 11) is 0. The van der Waals surface area contributed by atoms with Crippen molar-refractivity contribution in [1.29, 1.82) is 0 Å². The third-order valence-corrected chi connectivity index (χ3v) is 5.12. The summed E-state index contributed by atoms with van der Waals surface area (Å²) in [5.74, 6) is 0. The summed E-state index contributed by atoms with van der Waals surface area (Å²) in [4.78, 5) is 54.7. The van der Waals surface area contributed by atoms with E-state index in [-0.39, 0.29) is 33.7 Å². The first-order chi connectivity index (χ1) is 17.6. The van der Waals surface area contributed by atoms with Gasteiger partial charge in [-0.05, 0) is 30.3 Å². The van der Waals surface area contributed by atoms with Gasteiger partial charge in [-0.25, -0.2) is 4.79 Å². The fraction of sp³-hybridized carbons (Fsp3) is 0. The van der Waals surface area contributed by atoms with Gasteiger partial charge in [0.05, 0.1) is 36.5 Å². The molecule has 4 aromatic rings. The van der Waals surface area contributed by atoms with Crippen LogP contribution in [0.5, 0.6) is 0 Å². The Kier molecular flexibility index (Phi) is 6.13. The quantitative estimate of drug-likeness (QED) is 0.196. The lowest BCUT2D eigenvalue weighted by Gasteiger charge is -2.26. The maximum Gasteiger partial charge on any atom is 0.417 e. The number of nitrogens with one attached hydrogen (secondary N) is 1. The predicted molar refractivity (Wildman–Crippen MR) is 128 cm³/mol. The Morgan fingerprint density at radius 3 is 1.54 bits per heavy atom. The molecule has 4 rings (SSSR count). The summed E-state index contributed by atoms with van der Waals surface area (Å²) in [5.41, 5.74) is -1.05. The van der Waals surface area contributed by atoms with E-state index in [1.54, 1.807) is 0 Å². The molecule has 0 bridgehead atoms. The van der Waals surface area contributed by atoms with Crippen LogP contribution in [0.25, 0.3) is 11.0 Å². The smallest absolute Gasteiger partial charge is 0.417 e. The van der Waals surface area contributed by atoms with Crippen LogP contribution in [0.1, 0.15) is 0 Å². The monoisotopic (exact) mass is 508 g/mol. The van der Waals surface area contributed by atoms with E-state index in [9.17, 15) is 45.3 Å². The number of non-ortho nitro benzene ring substituents is 3. The number of fused-ring (bicyclic) bond motifs is 1. The first kappa shape index (κ1) is 24.2. The Hall–Kier alpha value is -5.93. The standard InChI is InChI=1S/C21H12N6O10/c28-21-20(27(35)36)19(17-11-16(26(33)34)9-10-18(17)37-21)22-23(12-1-5-14(6-2-12)24(29)30)13-3-7-15(8-4-13)25(31)32/h1-11,22H. The maximum absolute atomic E-state index is 12.5. The topological polar surface area (TPSA) is 218 Å². The number of rotatable bonds is 8. The zero-order valence-corrected chi connectivity index (χ0v) is 18.2. The molecule has 16 nitrogen and oxygen atoms in total. The van der Waals surface area contributed by atoms with Crippen LogP contribution in [0.2, 0.25) is 0 Å². The molecule has 0 amide bonds. The Labute approximate surface area is 203 Å². The Morgan fingerprint density at radius 2 is 1.11 bits per heavy atom. The van der Waals surface area contributed by atoms with Gasteiger partial charge in [0.1, 0.15) is 5.58 Å². The number of benzene rings is 3. The molecule has 37 heavy (non-hydrogen) atoms. The van der Waals surface area contributed by atoms with Crippen molar-refractivity contribution >= 4 is 50.8 Å². The van der Waals surface area contributed by atoms with Crippen molar-refractivity contribution in [2.24, 2.45) is 0 Å². The molecule has 0 spiro atoms. The maximum atomic E-state index is 12.5. The van der Waals surface area contributed by atoms with Gasteiger partial charge in [0, 0.05) is 36.4 Å². The molecule has 186 valence electrons. The van der Waals surface area contributed by atoms with Gasteiger partial charge in [-0.2, -0.15) is 0 Å². The van der Waals surface area contributed by atoms with Crippen molar-refractivity contribution in [2.75, 3.05) is 10.4 Å². The first-order valence-corrected chi connectivity index (χ1v) is 10.0. The molecule has 0 aliphatic rings. The molecule has 0 saturated carbocycles. The number of nitro benzene ring substituents is 3. The highest BCUT2D eigenvalue weighted by molar-refractivity contribution is 5.97. The van der Waals surface area contributed by atoms with Crippen molar-refractivity contribution in [3.8, 4) is 0 Å². The normalized spacial score (nSPS) is 10.6. The summed E-state index contributed by atoms with van der Waals surface area (Å²) in [6.45, 7) is 0. The molecule has 1 N–H and O–H groups in total. The Balaban J connectivity index is 1.96. The lowest BCUT2D eigenvalue weighted by molar-refractivity contribution is -0.386. The lowest BCUT2D eigenvalue weighted by atomic mass is 10.1. The molecule has 0 aliphatic carbocycles. The predicted octanol–water partition coefficient (Wildman–Crippen LogP) is 4.59. The number of hydrazine groups is 1. The van der Waals surface area contributed by atoms with E-state index in [1.807, 2.05) is 0 Å². The van der Waals surface area contributed by atoms with Crippen LogP contribution in [-0.2, 0) is 0 Å². The van der Waals surface area contributed by atoms with E-state index in [2.05, 4.69) is 5.43 Å². The van der Waals surface area contributed by atoms with Gasteiger partial charge in [0.25, 0.3) is 17.1 Å². The van der Waals surface area contributed by atoms with Gasteiger partial charge >= 0.3 is 11.3 Å². The van der Waals surface area contributed by atoms with Crippen LogP contribution < -0.4 is 16.1 Å². The molecule has 16 heteroatoms. The summed E-state index contributed by atoms with van der Waals surface area (Å²) < 4.78 is 4.98. The molecule has 1 heterocycles. The van der Waals surface area contributed by atoms with E-state index in [4.69, 9.17) is 4.42 Å². The van der Waals surface area contributed by atoms with E-state index in [1.165, 1.54) is 24.3 Å². The largest absolute Gasteiger partial charge is 0.418 e. The second-order valence-corrected chi connectivity index (χ2v) is 7.30. The molecule has 3 aromatic carbocycles. The zero-order chi connectivity index (χ0) is 26.9. The van der Waals surface area contributed by atoms with Crippen LogP contribution in [0.15, 0.2) is 75.9 Å². The van der Waals surface area contributed by atoms with Crippen molar-refractivity contribution in [3.05, 3.63) is 118 Å². The molecule has 0 aliphatic heterocycles. The van der Waals surface area contributed by atoms with Crippen LogP contribution in [-0.4, -0.2) is 19.7 Å². The molecule has 1 aromatic heterocycles. The van der Waals surface area contributed by atoms with Crippen LogP contribution in [0, 0.1) is 40.5 Å². The minimum atomic E-state index is -1.35. The first-order valence-electron chi connectivity index (χ1n) is 10.0. The molecular formula is C21H12N6O10. The van der Waals surface area contributed by atoms with Gasteiger partial charge in [-0.15, -0.1) is 0 Å². The average molecular weight is 508 g/mol. The van der Waals surface area contributed by atoms with Gasteiger partial charge in [0.2, 0.25) is 0 Å². The van der Waals surface area contributed by atoms with Crippen LogP contribution >= 0.6 is 0 Å². The van der Waals surface area contributed by atoms with Crippen molar-refractivity contribution in [1.82, 2.24) is 0 Å². The van der Waals surface area contributed by atoms with E-state index < -0.39 is 42.4 Å². The lowest BCUT2D eigenvalue weighted by Crippen LogP contribution is -2.26. The molecule has 0 fully saturated rings. The Morgan fingerprint density at radius 1 is 0.649 bits per heavy atom. The van der Waals surface area contributed by atoms with Crippen LogP contribution in [0.4, 0.5) is 39.8 Å². The van der Waals surface area contributed by atoms with Gasteiger partial charge in [0.15, 0.2) is 5.69 Å². The fourth-order valence-corrected chi connectivity index (χ4v) is 3.41. The molecule has 0 atom stereocenters. The third-order valence-electron chi connectivity index (χ3n) is 5.12. The van der Waals surface area contributed by atoms with Crippen molar-refractivity contribution in [3.63, 3.8) is 0 Å². The minimum absolute atomic E-state index is 0.167. The second-order valence-electron chi connectivity index (χ2n) is 7.30. The number of hydrogen-bond acceptors (Lipinski definition) is 12. The second kappa shape index (κ2) is 9.37. The highest BCUT2D eigenvalue weighted by Gasteiger charge is 2.28. The molecule has 0 saturated heterocycles. The van der Waals surface area contributed by atoms with E-state index >= 15 is 0 Å². The molecule has 0 radical (unpaired) electrons. The van der Waals surface area contributed by atoms with Crippen molar-refractivity contribution < 1.29 is 24.1 Å². The summed E-state index contributed by atoms with van der Waals surface area (Å²) in [6, 6.07) is 12.8. The fourth-order valence-electron chi connectivity index (χ4n) is 3.41. The van der Waals surface area contributed by atoms with E-state index in [0.717, 1.165) is 47.5 Å². The van der Waals surface area contributed by atoms with Crippen LogP contribution in [0.3, 0.4) is 0 Å². The highest BCUT2D eigenvalue weighted by atomic mass is 16.6. The third kappa shape index (κ3) is 4.69. The molecular weight excluding hydrogens is 496 g/mol. The molecule has 0 unspecified atom stereocenters. The Bertz CT molecular complexity index is 1580. The van der Waals surface area contributed by atoms with Gasteiger partial charge in [-0.1, -0.05) is 0 Å². The number of nitro groups is 4. The number of anilines is 3. The van der Waals surface area contributed by atoms with Gasteiger partial charge < -0.3 is 4.42 Å². The van der Waals surface area contributed by atoms with E-state index in [0.29, 0.717) is 0 Å². The summed E-state index contributed by atoms with van der Waals surface area (Å²) in [5, 5.41) is 46.2. The SMILES string of the molecule is O=c1oc2ccc([N+](=O)[O-])cc2c(NN(c2ccc([N+](=O)[O-])cc2)c2ccc([N+](=O)[O-])cc2)c1[N+](=O)[O-]. The number of hydrogen-bond donors (Lipinski definition) is 1. The summed E-state index contributed by atoms with van der Waals surface area (Å²) in [6.07, 6.45) is 0. The number of nitrogens with zero attached hydrogens (tertiary/aromatic N) is 5. The summed E-state index contributed by atoms with van der Waals surface area (Å²) >= 11 is 0. The van der Waals surface area contributed by atoms with Gasteiger partial charge in [-0.3, -0.25) is 50.9 Å². The highest BCUT2D eigenvalue weighted by Crippen LogP contribution is 2.36. The average Bonchev–Trinajstić information content (AvgIpc) is 2.86. The minimum Gasteiger partial charge on any atom is -0.418 e. The zero-order valence-electron chi connectivity index (χ0n) is 18.2.